The molecule has 0 spiro atoms. The van der Waals surface area contributed by atoms with Gasteiger partial charge in [0, 0.05) is 24.3 Å². The fraction of sp³-hybridized carbons (Fsp3) is 0.600. The maximum Gasteiger partial charge on any atom is 0.129 e. The van der Waals surface area contributed by atoms with E-state index in [4.69, 9.17) is 11.6 Å². The third-order valence-electron chi connectivity index (χ3n) is 3.91. The van der Waals surface area contributed by atoms with E-state index in [0.29, 0.717) is 11.0 Å². The Balaban J connectivity index is 2.24. The molecule has 0 aromatic heterocycles. The fourth-order valence-electron chi connectivity index (χ4n) is 2.64. The third-order valence-corrected chi connectivity index (χ3v) is 4.18. The molecule has 0 aliphatic carbocycles. The van der Waals surface area contributed by atoms with Crippen molar-refractivity contribution in [2.45, 2.75) is 39.0 Å². The van der Waals surface area contributed by atoms with E-state index in [0.717, 1.165) is 31.6 Å². The Labute approximate surface area is 114 Å². The summed E-state index contributed by atoms with van der Waals surface area (Å²) >= 11 is 5.89. The van der Waals surface area contributed by atoms with Crippen LogP contribution in [0.3, 0.4) is 0 Å². The van der Waals surface area contributed by atoms with Crippen molar-refractivity contribution >= 4 is 17.3 Å². The minimum Gasteiger partial charge on any atom is -0.371 e. The normalized spacial score (nSPS) is 19.7. The number of hydrogen-bond donors (Lipinski definition) is 0. The molecule has 100 valence electrons. The average Bonchev–Trinajstić information content (AvgIpc) is 2.50. The average molecular weight is 270 g/mol. The predicted octanol–water partition coefficient (Wildman–Crippen LogP) is 4.58. The molecular weight excluding hydrogens is 249 g/mol. The maximum absolute atomic E-state index is 13.7. The van der Waals surface area contributed by atoms with Crippen LogP contribution in [0, 0.1) is 11.2 Å². The highest BCUT2D eigenvalue weighted by Gasteiger charge is 2.24. The van der Waals surface area contributed by atoms with Crippen LogP contribution in [0.15, 0.2) is 18.2 Å². The van der Waals surface area contributed by atoms with E-state index in [-0.39, 0.29) is 11.7 Å². The molecular formula is C15H21ClFN. The molecule has 1 heterocycles. The number of nitrogens with zero attached hydrogens (tertiary/aromatic N) is 1. The molecule has 3 heteroatoms. The van der Waals surface area contributed by atoms with Crippen LogP contribution >= 0.6 is 11.6 Å². The van der Waals surface area contributed by atoms with Crippen molar-refractivity contribution in [3.05, 3.63) is 29.6 Å². The lowest BCUT2D eigenvalue weighted by Crippen LogP contribution is -2.26. The zero-order valence-electron chi connectivity index (χ0n) is 11.2. The van der Waals surface area contributed by atoms with Gasteiger partial charge in [0.25, 0.3) is 0 Å². The molecule has 0 saturated carbocycles. The lowest BCUT2D eigenvalue weighted by molar-refractivity contribution is 0.325. The molecule has 1 nitrogen and oxygen atoms in total. The SMILES string of the molecule is CC1(C)CCCN(c2cccc(F)c2CCl)CC1. The molecule has 0 unspecified atom stereocenters. The second-order valence-electron chi connectivity index (χ2n) is 5.88. The van der Waals surface area contributed by atoms with Crippen LogP contribution in [-0.2, 0) is 5.88 Å². The fourth-order valence-corrected chi connectivity index (χ4v) is 2.90. The summed E-state index contributed by atoms with van der Waals surface area (Å²) < 4.78 is 13.7. The molecule has 0 atom stereocenters. The second kappa shape index (κ2) is 5.48. The van der Waals surface area contributed by atoms with Crippen LogP contribution in [0.25, 0.3) is 0 Å². The van der Waals surface area contributed by atoms with Crippen LogP contribution in [0.5, 0.6) is 0 Å². The van der Waals surface area contributed by atoms with E-state index in [1.807, 2.05) is 6.07 Å². The van der Waals surface area contributed by atoms with E-state index >= 15 is 0 Å². The van der Waals surface area contributed by atoms with Crippen molar-refractivity contribution in [3.63, 3.8) is 0 Å². The third kappa shape index (κ3) is 2.97. The van der Waals surface area contributed by atoms with Gasteiger partial charge in [0.1, 0.15) is 5.82 Å². The highest BCUT2D eigenvalue weighted by Crippen LogP contribution is 2.33. The summed E-state index contributed by atoms with van der Waals surface area (Å²) in [7, 11) is 0. The number of anilines is 1. The van der Waals surface area contributed by atoms with Crippen LogP contribution in [0.1, 0.15) is 38.7 Å². The minimum atomic E-state index is -0.189. The monoisotopic (exact) mass is 269 g/mol. The Morgan fingerprint density at radius 3 is 2.78 bits per heavy atom. The van der Waals surface area contributed by atoms with Gasteiger partial charge < -0.3 is 4.90 Å². The van der Waals surface area contributed by atoms with Gasteiger partial charge in [0.15, 0.2) is 0 Å². The number of rotatable bonds is 2. The van der Waals surface area contributed by atoms with E-state index in [1.165, 1.54) is 12.5 Å². The first-order valence-electron chi connectivity index (χ1n) is 6.62. The molecule has 18 heavy (non-hydrogen) atoms. The Morgan fingerprint density at radius 2 is 2.06 bits per heavy atom. The van der Waals surface area contributed by atoms with E-state index in [1.54, 1.807) is 6.07 Å². The maximum atomic E-state index is 13.7. The molecule has 2 rings (SSSR count). The molecule has 1 aromatic rings. The van der Waals surface area contributed by atoms with Crippen molar-refractivity contribution in [2.24, 2.45) is 5.41 Å². The summed E-state index contributed by atoms with van der Waals surface area (Å²) in [5.41, 5.74) is 2.00. The lowest BCUT2D eigenvalue weighted by atomic mass is 9.85. The topological polar surface area (TPSA) is 3.24 Å². The van der Waals surface area contributed by atoms with Gasteiger partial charge in [-0.1, -0.05) is 19.9 Å². The Hall–Kier alpha value is -0.760. The Bertz CT molecular complexity index is 417. The quantitative estimate of drug-likeness (QED) is 0.711. The highest BCUT2D eigenvalue weighted by molar-refractivity contribution is 6.17. The van der Waals surface area contributed by atoms with Gasteiger partial charge in [0.05, 0.1) is 5.88 Å². The number of hydrogen-bond acceptors (Lipinski definition) is 1. The smallest absolute Gasteiger partial charge is 0.129 e. The summed E-state index contributed by atoms with van der Waals surface area (Å²) in [5.74, 6) is 0.0491. The Morgan fingerprint density at radius 1 is 1.28 bits per heavy atom. The molecule has 1 aliphatic heterocycles. The summed E-state index contributed by atoms with van der Waals surface area (Å²) in [6.45, 7) is 6.60. The van der Waals surface area contributed by atoms with E-state index in [9.17, 15) is 4.39 Å². The van der Waals surface area contributed by atoms with Crippen molar-refractivity contribution in [1.29, 1.82) is 0 Å². The molecule has 1 aromatic carbocycles. The van der Waals surface area contributed by atoms with Crippen molar-refractivity contribution in [3.8, 4) is 0 Å². The summed E-state index contributed by atoms with van der Waals surface area (Å²) in [5, 5.41) is 0. The van der Waals surface area contributed by atoms with Gasteiger partial charge in [-0.3, -0.25) is 0 Å². The van der Waals surface area contributed by atoms with Gasteiger partial charge in [-0.05, 0) is 36.8 Å². The van der Waals surface area contributed by atoms with Crippen molar-refractivity contribution in [2.75, 3.05) is 18.0 Å². The first kappa shape index (κ1) is 13.7. The van der Waals surface area contributed by atoms with Gasteiger partial charge >= 0.3 is 0 Å². The summed E-state index contributed by atoms with van der Waals surface area (Å²) in [6, 6.07) is 5.25. The second-order valence-corrected chi connectivity index (χ2v) is 6.14. The largest absolute Gasteiger partial charge is 0.371 e. The van der Waals surface area contributed by atoms with Gasteiger partial charge in [-0.2, -0.15) is 0 Å². The Kier molecular flexibility index (Phi) is 4.16. The molecule has 0 radical (unpaired) electrons. The van der Waals surface area contributed by atoms with E-state index in [2.05, 4.69) is 18.7 Å². The van der Waals surface area contributed by atoms with Crippen molar-refractivity contribution in [1.82, 2.24) is 0 Å². The molecule has 1 saturated heterocycles. The van der Waals surface area contributed by atoms with E-state index < -0.39 is 0 Å². The van der Waals surface area contributed by atoms with Crippen molar-refractivity contribution < 1.29 is 4.39 Å². The molecule has 0 amide bonds. The zero-order chi connectivity index (χ0) is 13.2. The summed E-state index contributed by atoms with van der Waals surface area (Å²) in [4.78, 5) is 2.29. The number of halogens is 2. The van der Waals surface area contributed by atoms with Crippen LogP contribution in [0.4, 0.5) is 10.1 Å². The number of benzene rings is 1. The zero-order valence-corrected chi connectivity index (χ0v) is 11.9. The van der Waals surface area contributed by atoms with Gasteiger partial charge in [-0.25, -0.2) is 4.39 Å². The molecule has 0 bridgehead atoms. The van der Waals surface area contributed by atoms with Gasteiger partial charge in [-0.15, -0.1) is 11.6 Å². The van der Waals surface area contributed by atoms with Crippen LogP contribution in [-0.4, -0.2) is 13.1 Å². The molecule has 1 fully saturated rings. The first-order valence-corrected chi connectivity index (χ1v) is 7.15. The highest BCUT2D eigenvalue weighted by atomic mass is 35.5. The molecule has 0 N–H and O–H groups in total. The standard InChI is InChI=1S/C15H21ClFN/c1-15(2)7-4-9-18(10-8-15)14-6-3-5-13(17)12(14)11-16/h3,5-6H,4,7-11H2,1-2H3. The van der Waals surface area contributed by atoms with Crippen LogP contribution in [0.2, 0.25) is 0 Å². The minimum absolute atomic E-state index is 0.189. The summed E-state index contributed by atoms with van der Waals surface area (Å²) in [6.07, 6.45) is 3.53. The predicted molar refractivity (Wildman–Crippen MR) is 75.8 cm³/mol. The van der Waals surface area contributed by atoms with Crippen LogP contribution < -0.4 is 4.90 Å². The number of alkyl halides is 1. The molecule has 1 aliphatic rings. The lowest BCUT2D eigenvalue weighted by Gasteiger charge is -2.26. The van der Waals surface area contributed by atoms with Gasteiger partial charge in [0.2, 0.25) is 0 Å². The first-order chi connectivity index (χ1) is 8.53.